The maximum Gasteiger partial charge on any atom is 0.318 e. The fourth-order valence-electron chi connectivity index (χ4n) is 2.47. The molecule has 0 fully saturated rings. The molecule has 0 saturated carbocycles. The van der Waals surface area contributed by atoms with E-state index < -0.39 is 11.9 Å². The average Bonchev–Trinajstić information content (AvgIpc) is 3.10. The van der Waals surface area contributed by atoms with Gasteiger partial charge in [-0.05, 0) is 36.2 Å². The zero-order valence-electron chi connectivity index (χ0n) is 14.6. The van der Waals surface area contributed by atoms with Gasteiger partial charge in [-0.25, -0.2) is 4.79 Å². The zero-order valence-corrected chi connectivity index (χ0v) is 15.4. The molecule has 3 aromatic rings. The van der Waals surface area contributed by atoms with E-state index in [2.05, 4.69) is 22.1 Å². The molecule has 27 heavy (non-hydrogen) atoms. The number of hydrogen-bond donors (Lipinski definition) is 2. The topological polar surface area (TPSA) is 116 Å². The Morgan fingerprint density at radius 3 is 2.44 bits per heavy atom. The van der Waals surface area contributed by atoms with Crippen LogP contribution in [-0.2, 0) is 11.2 Å². The molecule has 3 amide bonds. The van der Waals surface area contributed by atoms with Gasteiger partial charge in [0, 0.05) is 23.6 Å². The Kier molecular flexibility index (Phi) is 5.82. The lowest BCUT2D eigenvalue weighted by molar-refractivity contribution is -0.117. The van der Waals surface area contributed by atoms with Gasteiger partial charge in [0.2, 0.25) is 5.91 Å². The Morgan fingerprint density at radius 1 is 1.11 bits per heavy atom. The van der Waals surface area contributed by atoms with E-state index in [-0.39, 0.29) is 5.75 Å². The molecule has 138 valence electrons. The Morgan fingerprint density at radius 2 is 1.81 bits per heavy atom. The molecule has 0 aliphatic heterocycles. The molecule has 9 heteroatoms. The standard InChI is InChI=1S/C18H18N6O2S/c1-2-12-3-5-14(6-4-12)24-16(13-7-9-20-10-8-13)22-23-18(24)27-11-15(25)21-17(19)26/h3-10H,2,11H2,1H3,(H3,19,21,25,26). The van der Waals surface area contributed by atoms with Gasteiger partial charge >= 0.3 is 6.03 Å². The molecule has 0 atom stereocenters. The van der Waals surface area contributed by atoms with Gasteiger partial charge in [-0.3, -0.25) is 19.7 Å². The van der Waals surface area contributed by atoms with Crippen LogP contribution in [0.1, 0.15) is 12.5 Å². The molecule has 0 spiro atoms. The first kappa shape index (κ1) is 18.6. The van der Waals surface area contributed by atoms with E-state index in [1.165, 1.54) is 17.3 Å². The lowest BCUT2D eigenvalue weighted by Crippen LogP contribution is -2.36. The predicted octanol–water partition coefficient (Wildman–Crippen LogP) is 2.18. The Labute approximate surface area is 160 Å². The highest BCUT2D eigenvalue weighted by atomic mass is 32.2. The summed E-state index contributed by atoms with van der Waals surface area (Å²) in [6.07, 6.45) is 4.30. The number of thioether (sulfide) groups is 1. The molecule has 2 aromatic heterocycles. The molecule has 3 rings (SSSR count). The van der Waals surface area contributed by atoms with Gasteiger partial charge < -0.3 is 5.73 Å². The molecule has 2 heterocycles. The second-order valence-corrected chi connectivity index (χ2v) is 6.54. The third-order valence-corrected chi connectivity index (χ3v) is 4.70. The van der Waals surface area contributed by atoms with Crippen molar-refractivity contribution in [1.29, 1.82) is 0 Å². The van der Waals surface area contributed by atoms with Gasteiger partial charge in [0.15, 0.2) is 11.0 Å². The van der Waals surface area contributed by atoms with Gasteiger partial charge in [0.25, 0.3) is 0 Å². The van der Waals surface area contributed by atoms with E-state index in [1.807, 2.05) is 46.3 Å². The zero-order chi connectivity index (χ0) is 19.2. The van der Waals surface area contributed by atoms with Crippen molar-refractivity contribution in [3.05, 3.63) is 54.4 Å². The number of benzene rings is 1. The van der Waals surface area contributed by atoms with Crippen LogP contribution in [0.3, 0.4) is 0 Å². The number of urea groups is 1. The number of nitrogens with zero attached hydrogens (tertiary/aromatic N) is 4. The molecule has 8 nitrogen and oxygen atoms in total. The second-order valence-electron chi connectivity index (χ2n) is 5.60. The molecule has 0 bridgehead atoms. The van der Waals surface area contributed by atoms with Crippen LogP contribution in [0.15, 0.2) is 53.9 Å². The lowest BCUT2D eigenvalue weighted by atomic mass is 10.1. The Bertz CT molecular complexity index is 940. The third-order valence-electron chi connectivity index (χ3n) is 3.77. The molecule has 0 unspecified atom stereocenters. The van der Waals surface area contributed by atoms with Crippen LogP contribution in [-0.4, -0.2) is 37.4 Å². The first-order chi connectivity index (χ1) is 13.1. The Balaban J connectivity index is 1.96. The first-order valence-corrected chi connectivity index (χ1v) is 9.24. The molecule has 1 aromatic carbocycles. The minimum absolute atomic E-state index is 0.00946. The average molecular weight is 382 g/mol. The fourth-order valence-corrected chi connectivity index (χ4v) is 3.22. The summed E-state index contributed by atoms with van der Waals surface area (Å²) in [5, 5.41) is 11.1. The number of carbonyl (C=O) groups is 2. The van der Waals surface area contributed by atoms with Crippen LogP contribution in [0.5, 0.6) is 0 Å². The van der Waals surface area contributed by atoms with Crippen LogP contribution in [0.2, 0.25) is 0 Å². The molecule has 0 saturated heterocycles. The van der Waals surface area contributed by atoms with Gasteiger partial charge in [-0.15, -0.1) is 10.2 Å². The number of hydrogen-bond acceptors (Lipinski definition) is 6. The molecular formula is C18H18N6O2S. The van der Waals surface area contributed by atoms with Crippen molar-refractivity contribution in [1.82, 2.24) is 25.1 Å². The highest BCUT2D eigenvalue weighted by Crippen LogP contribution is 2.27. The summed E-state index contributed by atoms with van der Waals surface area (Å²) in [5.74, 6) is 0.137. The Hall–Kier alpha value is -3.20. The van der Waals surface area contributed by atoms with Gasteiger partial charge in [0.1, 0.15) is 0 Å². The van der Waals surface area contributed by atoms with Gasteiger partial charge in [-0.1, -0.05) is 30.8 Å². The number of pyridine rings is 1. The molecule has 0 aliphatic rings. The number of nitrogens with one attached hydrogen (secondary N) is 1. The lowest BCUT2D eigenvalue weighted by Gasteiger charge is -2.11. The summed E-state index contributed by atoms with van der Waals surface area (Å²) in [6, 6.07) is 10.9. The SMILES string of the molecule is CCc1ccc(-n2c(SCC(=O)NC(N)=O)nnc2-c2ccncc2)cc1. The summed E-state index contributed by atoms with van der Waals surface area (Å²) >= 11 is 1.17. The van der Waals surface area contributed by atoms with Crippen LogP contribution >= 0.6 is 11.8 Å². The molecular weight excluding hydrogens is 364 g/mol. The fraction of sp³-hybridized carbons (Fsp3) is 0.167. The van der Waals surface area contributed by atoms with Crippen LogP contribution in [0.4, 0.5) is 4.79 Å². The third kappa shape index (κ3) is 4.50. The number of aryl methyl sites for hydroxylation is 1. The summed E-state index contributed by atoms with van der Waals surface area (Å²) in [5.41, 5.74) is 7.92. The number of amides is 3. The van der Waals surface area contributed by atoms with Crippen molar-refractivity contribution in [3.63, 3.8) is 0 Å². The van der Waals surface area contributed by atoms with E-state index in [9.17, 15) is 9.59 Å². The highest BCUT2D eigenvalue weighted by Gasteiger charge is 2.17. The van der Waals surface area contributed by atoms with E-state index in [4.69, 9.17) is 5.73 Å². The smallest absolute Gasteiger partial charge is 0.318 e. The summed E-state index contributed by atoms with van der Waals surface area (Å²) < 4.78 is 1.87. The van der Waals surface area contributed by atoms with Crippen molar-refractivity contribution in [3.8, 4) is 17.1 Å². The largest absolute Gasteiger partial charge is 0.351 e. The van der Waals surface area contributed by atoms with E-state index in [0.717, 1.165) is 17.7 Å². The number of imide groups is 1. The number of aromatic nitrogens is 4. The van der Waals surface area contributed by atoms with Crippen molar-refractivity contribution in [2.24, 2.45) is 5.73 Å². The summed E-state index contributed by atoms with van der Waals surface area (Å²) in [4.78, 5) is 26.6. The predicted molar refractivity (Wildman–Crippen MR) is 102 cm³/mol. The molecule has 0 radical (unpaired) electrons. The summed E-state index contributed by atoms with van der Waals surface area (Å²) in [6.45, 7) is 2.09. The maximum absolute atomic E-state index is 11.7. The molecule has 3 N–H and O–H groups in total. The number of rotatable bonds is 6. The van der Waals surface area contributed by atoms with Crippen molar-refractivity contribution < 1.29 is 9.59 Å². The van der Waals surface area contributed by atoms with Crippen molar-refractivity contribution >= 4 is 23.7 Å². The number of carbonyl (C=O) groups excluding carboxylic acids is 2. The highest BCUT2D eigenvalue weighted by molar-refractivity contribution is 7.99. The van der Waals surface area contributed by atoms with Crippen LogP contribution in [0.25, 0.3) is 17.1 Å². The normalized spacial score (nSPS) is 10.6. The number of primary amides is 1. The van der Waals surface area contributed by atoms with E-state index in [0.29, 0.717) is 11.0 Å². The quantitative estimate of drug-likeness (QED) is 0.631. The van der Waals surface area contributed by atoms with Crippen LogP contribution < -0.4 is 11.1 Å². The van der Waals surface area contributed by atoms with E-state index in [1.54, 1.807) is 12.4 Å². The summed E-state index contributed by atoms with van der Waals surface area (Å²) in [7, 11) is 0. The number of nitrogens with two attached hydrogens (primary N) is 1. The minimum atomic E-state index is -0.880. The van der Waals surface area contributed by atoms with Crippen molar-refractivity contribution in [2.45, 2.75) is 18.5 Å². The monoisotopic (exact) mass is 382 g/mol. The van der Waals surface area contributed by atoms with E-state index >= 15 is 0 Å². The molecule has 0 aliphatic carbocycles. The first-order valence-electron chi connectivity index (χ1n) is 8.25. The van der Waals surface area contributed by atoms with Gasteiger partial charge in [-0.2, -0.15) is 0 Å². The maximum atomic E-state index is 11.7. The van der Waals surface area contributed by atoms with Crippen LogP contribution in [0, 0.1) is 0 Å². The minimum Gasteiger partial charge on any atom is -0.351 e. The second kappa shape index (κ2) is 8.45. The van der Waals surface area contributed by atoms with Crippen molar-refractivity contribution in [2.75, 3.05) is 5.75 Å². The van der Waals surface area contributed by atoms with Gasteiger partial charge in [0.05, 0.1) is 5.75 Å².